The third kappa shape index (κ3) is 3.28. The quantitative estimate of drug-likeness (QED) is 0.600. The van der Waals surface area contributed by atoms with E-state index >= 15 is 0 Å². The fourth-order valence-electron chi connectivity index (χ4n) is 1.04. The second kappa shape index (κ2) is 5.99. The second-order valence-corrected chi connectivity index (χ2v) is 3.98. The number of aldehydes is 1. The van der Waals surface area contributed by atoms with Gasteiger partial charge in [0.2, 0.25) is 0 Å². The molecule has 1 aromatic carbocycles. The molecule has 0 atom stereocenters. The van der Waals surface area contributed by atoms with E-state index in [9.17, 15) is 4.79 Å². The van der Waals surface area contributed by atoms with Crippen molar-refractivity contribution >= 4 is 39.9 Å². The van der Waals surface area contributed by atoms with Gasteiger partial charge in [-0.2, -0.15) is 0 Å². The minimum absolute atomic E-state index is 0.646. The Balaban J connectivity index is 2.89. The van der Waals surface area contributed by atoms with Crippen molar-refractivity contribution in [2.75, 3.05) is 5.33 Å². The van der Waals surface area contributed by atoms with Gasteiger partial charge in [0.1, 0.15) is 6.29 Å². The number of halogens is 2. The molecule has 0 aliphatic heterocycles. The summed E-state index contributed by atoms with van der Waals surface area (Å²) in [7, 11) is 0. The van der Waals surface area contributed by atoms with Gasteiger partial charge in [0.25, 0.3) is 0 Å². The first-order valence-corrected chi connectivity index (χ1v) is 5.75. The molecule has 1 nitrogen and oxygen atoms in total. The average molecular weight is 274 g/mol. The van der Waals surface area contributed by atoms with E-state index < -0.39 is 0 Å². The monoisotopic (exact) mass is 272 g/mol. The first kappa shape index (κ1) is 11.5. The zero-order chi connectivity index (χ0) is 10.4. The minimum atomic E-state index is 0.646. The smallest absolute Gasteiger partial charge is 0.150 e. The van der Waals surface area contributed by atoms with Gasteiger partial charge < -0.3 is 0 Å². The van der Waals surface area contributed by atoms with E-state index in [1.165, 1.54) is 0 Å². The number of rotatable bonds is 4. The highest BCUT2D eigenvalue weighted by atomic mass is 79.9. The van der Waals surface area contributed by atoms with E-state index in [0.29, 0.717) is 10.6 Å². The summed E-state index contributed by atoms with van der Waals surface area (Å²) in [5.41, 5.74) is 1.53. The van der Waals surface area contributed by atoms with Crippen LogP contribution in [-0.2, 0) is 0 Å². The van der Waals surface area contributed by atoms with Crippen LogP contribution >= 0.6 is 27.5 Å². The zero-order valence-electron chi connectivity index (χ0n) is 7.54. The normalized spacial score (nSPS) is 10.7. The van der Waals surface area contributed by atoms with Gasteiger partial charge in [-0.25, -0.2) is 0 Å². The highest BCUT2D eigenvalue weighted by Crippen LogP contribution is 2.18. The van der Waals surface area contributed by atoms with Gasteiger partial charge in [-0.05, 0) is 24.1 Å². The van der Waals surface area contributed by atoms with Crippen molar-refractivity contribution in [1.29, 1.82) is 0 Å². The molecule has 0 unspecified atom stereocenters. The Hall–Kier alpha value is -0.600. The fourth-order valence-corrected chi connectivity index (χ4v) is 1.48. The Kier molecular flexibility index (Phi) is 4.91. The van der Waals surface area contributed by atoms with Crippen LogP contribution in [0.15, 0.2) is 24.3 Å². The van der Waals surface area contributed by atoms with E-state index in [0.717, 1.165) is 23.6 Å². The molecular weight excluding hydrogens is 263 g/mol. The maximum atomic E-state index is 10.5. The molecule has 0 bridgehead atoms. The van der Waals surface area contributed by atoms with Crippen LogP contribution in [0.4, 0.5) is 0 Å². The molecule has 0 aromatic heterocycles. The zero-order valence-corrected chi connectivity index (χ0v) is 9.88. The molecule has 0 N–H and O–H groups in total. The molecule has 3 heteroatoms. The number of allylic oxidation sites excluding steroid dienone is 1. The molecule has 0 aliphatic rings. The van der Waals surface area contributed by atoms with E-state index in [4.69, 9.17) is 11.6 Å². The van der Waals surface area contributed by atoms with Crippen LogP contribution < -0.4 is 0 Å². The predicted molar refractivity (Wildman–Crippen MR) is 64.3 cm³/mol. The van der Waals surface area contributed by atoms with Crippen LogP contribution in [0.2, 0.25) is 5.02 Å². The van der Waals surface area contributed by atoms with Crippen molar-refractivity contribution in [3.8, 4) is 0 Å². The molecule has 0 aliphatic carbocycles. The molecular formula is C11H10BrClO. The summed E-state index contributed by atoms with van der Waals surface area (Å²) in [5, 5.41) is 1.59. The topological polar surface area (TPSA) is 17.1 Å². The summed E-state index contributed by atoms with van der Waals surface area (Å²) in [6.45, 7) is 0. The molecule has 0 fully saturated rings. The fraction of sp³-hybridized carbons (Fsp3) is 0.182. The van der Waals surface area contributed by atoms with Crippen LogP contribution in [0.1, 0.15) is 22.3 Å². The Bertz CT molecular complexity index is 347. The summed E-state index contributed by atoms with van der Waals surface area (Å²) in [4.78, 5) is 10.5. The number of hydrogen-bond acceptors (Lipinski definition) is 1. The third-order valence-corrected chi connectivity index (χ3v) is 2.53. The summed E-state index contributed by atoms with van der Waals surface area (Å²) in [6.07, 6.45) is 5.71. The van der Waals surface area contributed by atoms with Crippen molar-refractivity contribution < 1.29 is 4.79 Å². The van der Waals surface area contributed by atoms with E-state index in [1.54, 1.807) is 18.2 Å². The molecule has 14 heavy (non-hydrogen) atoms. The lowest BCUT2D eigenvalue weighted by atomic mass is 10.1. The van der Waals surface area contributed by atoms with Crippen LogP contribution in [-0.4, -0.2) is 11.6 Å². The summed E-state index contributed by atoms with van der Waals surface area (Å²) in [6, 6.07) is 5.22. The van der Waals surface area contributed by atoms with Gasteiger partial charge >= 0.3 is 0 Å². The molecule has 1 aromatic rings. The lowest BCUT2D eigenvalue weighted by molar-refractivity contribution is 0.112. The van der Waals surface area contributed by atoms with Crippen LogP contribution in [0, 0.1) is 0 Å². The van der Waals surface area contributed by atoms with Gasteiger partial charge in [-0.15, -0.1) is 0 Å². The average Bonchev–Trinajstić information content (AvgIpc) is 2.21. The van der Waals surface area contributed by atoms with Crippen molar-refractivity contribution in [2.24, 2.45) is 0 Å². The number of hydrogen-bond donors (Lipinski definition) is 0. The maximum Gasteiger partial charge on any atom is 0.150 e. The number of benzene rings is 1. The Morgan fingerprint density at radius 1 is 1.43 bits per heavy atom. The first-order valence-electron chi connectivity index (χ1n) is 4.25. The molecule has 0 radical (unpaired) electrons. The molecule has 0 amide bonds. The van der Waals surface area contributed by atoms with Gasteiger partial charge in [0, 0.05) is 15.9 Å². The number of alkyl halides is 1. The SMILES string of the molecule is O=Cc1ccc(Cl)c(C=CCCBr)c1. The van der Waals surface area contributed by atoms with Crippen molar-refractivity contribution in [1.82, 2.24) is 0 Å². The largest absolute Gasteiger partial charge is 0.298 e. The van der Waals surface area contributed by atoms with E-state index in [2.05, 4.69) is 15.9 Å². The van der Waals surface area contributed by atoms with Crippen LogP contribution in [0.5, 0.6) is 0 Å². The van der Waals surface area contributed by atoms with Crippen LogP contribution in [0.25, 0.3) is 6.08 Å². The third-order valence-electron chi connectivity index (χ3n) is 1.73. The number of carbonyl (C=O) groups excluding carboxylic acids is 1. The van der Waals surface area contributed by atoms with Gasteiger partial charge in [0.05, 0.1) is 0 Å². The molecule has 0 saturated carbocycles. The molecule has 74 valence electrons. The maximum absolute atomic E-state index is 10.5. The van der Waals surface area contributed by atoms with Crippen molar-refractivity contribution in [2.45, 2.75) is 6.42 Å². The first-order chi connectivity index (χ1) is 6.77. The highest BCUT2D eigenvalue weighted by molar-refractivity contribution is 9.09. The molecule has 0 spiro atoms. The second-order valence-electron chi connectivity index (χ2n) is 2.78. The highest BCUT2D eigenvalue weighted by Gasteiger charge is 1.97. The van der Waals surface area contributed by atoms with Gasteiger partial charge in [-0.1, -0.05) is 45.7 Å². The van der Waals surface area contributed by atoms with Crippen LogP contribution in [0.3, 0.4) is 0 Å². The van der Waals surface area contributed by atoms with Gasteiger partial charge in [0.15, 0.2) is 0 Å². The van der Waals surface area contributed by atoms with Gasteiger partial charge in [-0.3, -0.25) is 4.79 Å². The molecule has 0 heterocycles. The van der Waals surface area contributed by atoms with E-state index in [-0.39, 0.29) is 0 Å². The predicted octanol–water partition coefficient (Wildman–Crippen LogP) is 3.95. The standard InChI is InChI=1S/C11H10BrClO/c12-6-2-1-3-10-7-9(8-14)4-5-11(10)13/h1,3-5,7-8H,2,6H2. The number of carbonyl (C=O) groups is 1. The Labute approximate surface area is 96.9 Å². The summed E-state index contributed by atoms with van der Waals surface area (Å²) >= 11 is 9.28. The van der Waals surface area contributed by atoms with Crippen molar-refractivity contribution in [3.05, 3.63) is 40.4 Å². The van der Waals surface area contributed by atoms with Crippen molar-refractivity contribution in [3.63, 3.8) is 0 Å². The summed E-state index contributed by atoms with van der Waals surface area (Å²) in [5.74, 6) is 0. The molecule has 0 saturated heterocycles. The lowest BCUT2D eigenvalue weighted by Crippen LogP contribution is -1.82. The summed E-state index contributed by atoms with van der Waals surface area (Å²) < 4.78 is 0. The minimum Gasteiger partial charge on any atom is -0.298 e. The Morgan fingerprint density at radius 3 is 2.86 bits per heavy atom. The van der Waals surface area contributed by atoms with E-state index in [1.807, 2.05) is 12.2 Å². The Morgan fingerprint density at radius 2 is 2.21 bits per heavy atom. The lowest BCUT2D eigenvalue weighted by Gasteiger charge is -1.98. The molecule has 1 rings (SSSR count).